The summed E-state index contributed by atoms with van der Waals surface area (Å²) in [5.74, 6) is 0.117. The van der Waals surface area contributed by atoms with Gasteiger partial charge >= 0.3 is 0 Å². The molecule has 2 N–H and O–H groups in total. The van der Waals surface area contributed by atoms with Crippen LogP contribution in [0.3, 0.4) is 0 Å². The summed E-state index contributed by atoms with van der Waals surface area (Å²) < 4.78 is 31.7. The number of aromatic nitrogens is 2. The molecule has 1 aliphatic rings. The van der Waals surface area contributed by atoms with E-state index in [0.717, 1.165) is 29.5 Å². The van der Waals surface area contributed by atoms with Crippen molar-refractivity contribution in [1.82, 2.24) is 14.9 Å². The van der Waals surface area contributed by atoms with Crippen molar-refractivity contribution >= 4 is 16.9 Å². The van der Waals surface area contributed by atoms with Crippen LogP contribution in [0.4, 0.5) is 8.78 Å². The van der Waals surface area contributed by atoms with E-state index in [4.69, 9.17) is 0 Å². The number of aliphatic hydroxyl groups is 1. The lowest BCUT2D eigenvalue weighted by molar-refractivity contribution is 0.00874. The van der Waals surface area contributed by atoms with Gasteiger partial charge in [-0.3, -0.25) is 5.32 Å². The molecule has 4 nitrogen and oxygen atoms in total. The molecule has 0 aromatic carbocycles. The molecule has 1 saturated carbocycles. The van der Waals surface area contributed by atoms with E-state index in [2.05, 4.69) is 10.4 Å². The predicted molar refractivity (Wildman–Crippen MR) is 117 cm³/mol. The van der Waals surface area contributed by atoms with E-state index < -0.39 is 24.1 Å². The fourth-order valence-corrected chi connectivity index (χ4v) is 5.79. The minimum absolute atomic E-state index is 0.117. The zero-order chi connectivity index (χ0) is 21.5. The summed E-state index contributed by atoms with van der Waals surface area (Å²) in [7, 11) is 0. The van der Waals surface area contributed by atoms with Crippen molar-refractivity contribution in [3.05, 3.63) is 46.4 Å². The number of thiophene rings is 1. The molecule has 5 unspecified atom stereocenters. The molecule has 0 aliphatic heterocycles. The van der Waals surface area contributed by atoms with Crippen LogP contribution in [0.2, 0.25) is 0 Å². The average Bonchev–Trinajstić information content (AvgIpc) is 3.34. The topological polar surface area (TPSA) is 49.6 Å². The van der Waals surface area contributed by atoms with Gasteiger partial charge in [0.25, 0.3) is 0 Å². The highest BCUT2D eigenvalue weighted by Crippen LogP contribution is 2.43. The van der Waals surface area contributed by atoms with Crippen molar-refractivity contribution in [2.75, 3.05) is 0 Å². The number of nitrogens with one attached hydrogen (secondary N) is 1. The Morgan fingerprint density at radius 3 is 2.93 bits per heavy atom. The van der Waals surface area contributed by atoms with Gasteiger partial charge in [0.2, 0.25) is 0 Å². The quantitative estimate of drug-likeness (QED) is 0.470. The zero-order valence-electron chi connectivity index (χ0n) is 17.6. The number of fused-ring (bicyclic) bond motifs is 1. The van der Waals surface area contributed by atoms with E-state index in [1.807, 2.05) is 37.4 Å². The first-order chi connectivity index (χ1) is 14.3. The summed E-state index contributed by atoms with van der Waals surface area (Å²) in [6.45, 7) is 5.42. The van der Waals surface area contributed by atoms with Crippen LogP contribution in [0, 0.1) is 5.92 Å². The van der Waals surface area contributed by atoms with E-state index in [0.29, 0.717) is 22.6 Å². The Bertz CT molecular complexity index is 1010. The van der Waals surface area contributed by atoms with Crippen molar-refractivity contribution < 1.29 is 13.9 Å². The Kier molecular flexibility index (Phi) is 5.97. The molecule has 4 rings (SSSR count). The number of hydrogen-bond donors (Lipinski definition) is 2. The van der Waals surface area contributed by atoms with Crippen LogP contribution in [0.15, 0.2) is 36.7 Å². The molecule has 3 aromatic heterocycles. The van der Waals surface area contributed by atoms with Gasteiger partial charge in [0.1, 0.15) is 18.1 Å². The van der Waals surface area contributed by atoms with Gasteiger partial charge in [0.15, 0.2) is 0 Å². The number of aliphatic hydroxyl groups excluding tert-OH is 1. The van der Waals surface area contributed by atoms with Crippen LogP contribution in [0.25, 0.3) is 16.6 Å². The van der Waals surface area contributed by atoms with E-state index in [9.17, 15) is 9.50 Å². The molecule has 5 atom stereocenters. The number of pyridine rings is 1. The number of halogens is 2. The molecule has 3 aromatic rings. The molecule has 0 saturated heterocycles. The van der Waals surface area contributed by atoms with Gasteiger partial charge in [-0.05, 0) is 56.7 Å². The monoisotopic (exact) mass is 433 g/mol. The molecular formula is C23H29F2N3OS. The maximum absolute atomic E-state index is 15.1. The first-order valence-electron chi connectivity index (χ1n) is 10.6. The molecule has 1 aliphatic carbocycles. The van der Waals surface area contributed by atoms with Gasteiger partial charge in [0, 0.05) is 33.1 Å². The fraction of sp³-hybridized carbons (Fsp3) is 0.522. The molecule has 30 heavy (non-hydrogen) atoms. The summed E-state index contributed by atoms with van der Waals surface area (Å²) in [6, 6.07) is 7.13. The molecule has 162 valence electrons. The molecule has 3 heterocycles. The van der Waals surface area contributed by atoms with E-state index >= 15 is 4.39 Å². The molecule has 0 amide bonds. The normalized spacial score (nSPS) is 26.7. The number of alkyl halides is 2. The Labute approximate surface area is 179 Å². The first-order valence-corrected chi connectivity index (χ1v) is 11.5. The number of hydrogen-bond acceptors (Lipinski definition) is 4. The number of nitrogens with zero attached hydrogens (tertiary/aromatic N) is 2. The lowest BCUT2D eigenvalue weighted by atomic mass is 9.76. The Hall–Kier alpha value is -1.83. The maximum atomic E-state index is 15.1. The van der Waals surface area contributed by atoms with Crippen LogP contribution in [0.1, 0.15) is 68.6 Å². The van der Waals surface area contributed by atoms with E-state index in [1.54, 1.807) is 24.6 Å². The van der Waals surface area contributed by atoms with Gasteiger partial charge in [-0.1, -0.05) is 19.9 Å². The van der Waals surface area contributed by atoms with E-state index in [-0.39, 0.29) is 5.92 Å². The highest BCUT2D eigenvalue weighted by atomic mass is 32.1. The second-order valence-corrected chi connectivity index (χ2v) is 9.70. The standard InChI is InChI=1S/C23H29F2N3OS/c1-4-17(24)20-15(16-13-26-28-11-6-5-9-18(16)28)12-19(30-20)22(29)27-21-14(2)8-7-10-23(21,3)25/h5-6,9,11-14,17,21-22,27,29H,4,7-8,10H2,1-3H3. The molecule has 1 fully saturated rings. The lowest BCUT2D eigenvalue weighted by Gasteiger charge is -2.41. The molecule has 0 bridgehead atoms. The minimum atomic E-state index is -1.38. The van der Waals surface area contributed by atoms with Crippen LogP contribution in [0.5, 0.6) is 0 Å². The van der Waals surface area contributed by atoms with Gasteiger partial charge in [-0.2, -0.15) is 5.10 Å². The van der Waals surface area contributed by atoms with Gasteiger partial charge in [-0.15, -0.1) is 11.3 Å². The lowest BCUT2D eigenvalue weighted by Crippen LogP contribution is -2.53. The highest BCUT2D eigenvalue weighted by Gasteiger charge is 2.42. The van der Waals surface area contributed by atoms with E-state index in [1.165, 1.54) is 11.3 Å². The maximum Gasteiger partial charge on any atom is 0.140 e. The Morgan fingerprint density at radius 1 is 1.40 bits per heavy atom. The van der Waals surface area contributed by atoms with Crippen molar-refractivity contribution in [3.63, 3.8) is 0 Å². The smallest absolute Gasteiger partial charge is 0.140 e. The predicted octanol–water partition coefficient (Wildman–Crippen LogP) is 5.98. The van der Waals surface area contributed by atoms with Crippen molar-refractivity contribution in [1.29, 1.82) is 0 Å². The highest BCUT2D eigenvalue weighted by molar-refractivity contribution is 7.12. The summed E-state index contributed by atoms with van der Waals surface area (Å²) in [4.78, 5) is 1.17. The molecule has 0 spiro atoms. The van der Waals surface area contributed by atoms with Crippen molar-refractivity contribution in [2.24, 2.45) is 5.92 Å². The summed E-state index contributed by atoms with van der Waals surface area (Å²) in [5.41, 5.74) is 1.07. The molecule has 0 radical (unpaired) electrons. The Balaban J connectivity index is 1.69. The SMILES string of the molecule is CCC(F)c1sc(C(O)NC2C(C)CCCC2(C)F)cc1-c1cnn2ccccc12. The summed E-state index contributed by atoms with van der Waals surface area (Å²) in [6.07, 6.45) is 4.00. The first kappa shape index (κ1) is 21.4. The molecular weight excluding hydrogens is 404 g/mol. The van der Waals surface area contributed by atoms with Crippen LogP contribution in [-0.4, -0.2) is 26.4 Å². The summed E-state index contributed by atoms with van der Waals surface area (Å²) in [5, 5.41) is 18.4. The van der Waals surface area contributed by atoms with Crippen LogP contribution in [-0.2, 0) is 0 Å². The number of rotatable bonds is 6. The average molecular weight is 434 g/mol. The zero-order valence-corrected chi connectivity index (χ0v) is 18.4. The Morgan fingerprint density at radius 2 is 2.20 bits per heavy atom. The van der Waals surface area contributed by atoms with Crippen LogP contribution < -0.4 is 5.32 Å². The second-order valence-electron chi connectivity index (χ2n) is 8.59. The van der Waals surface area contributed by atoms with Gasteiger partial charge in [0.05, 0.1) is 11.7 Å². The van der Waals surface area contributed by atoms with Gasteiger partial charge < -0.3 is 5.11 Å². The fourth-order valence-electron chi connectivity index (χ4n) is 4.61. The van der Waals surface area contributed by atoms with Gasteiger partial charge in [-0.25, -0.2) is 13.3 Å². The summed E-state index contributed by atoms with van der Waals surface area (Å²) >= 11 is 1.25. The second kappa shape index (κ2) is 8.36. The molecule has 7 heteroatoms. The third-order valence-corrected chi connectivity index (χ3v) is 7.56. The van der Waals surface area contributed by atoms with Crippen molar-refractivity contribution in [2.45, 2.75) is 70.6 Å². The third kappa shape index (κ3) is 3.90. The third-order valence-electron chi connectivity index (χ3n) is 6.29. The minimum Gasteiger partial charge on any atom is -0.373 e. The van der Waals surface area contributed by atoms with Crippen molar-refractivity contribution in [3.8, 4) is 11.1 Å². The largest absolute Gasteiger partial charge is 0.373 e. The van der Waals surface area contributed by atoms with Crippen LogP contribution >= 0.6 is 11.3 Å².